The van der Waals surface area contributed by atoms with Gasteiger partial charge in [0, 0.05) is 7.11 Å². The summed E-state index contributed by atoms with van der Waals surface area (Å²) >= 11 is 0. The highest BCUT2D eigenvalue weighted by molar-refractivity contribution is 5.25. The molecule has 0 radical (unpaired) electrons. The number of benzene rings is 1. The van der Waals surface area contributed by atoms with Crippen LogP contribution in [0.25, 0.3) is 0 Å². The third kappa shape index (κ3) is 5.65. The maximum atomic E-state index is 10.5. The van der Waals surface area contributed by atoms with E-state index < -0.39 is 11.7 Å². The van der Waals surface area contributed by atoms with E-state index in [1.54, 1.807) is 7.11 Å². The first-order valence-electron chi connectivity index (χ1n) is 9.54. The predicted octanol–water partition coefficient (Wildman–Crippen LogP) is 2.88. The van der Waals surface area contributed by atoms with Gasteiger partial charge in [-0.05, 0) is 75.0 Å². The van der Waals surface area contributed by atoms with Gasteiger partial charge >= 0.3 is 0 Å². The van der Waals surface area contributed by atoms with Crippen LogP contribution in [0.5, 0.6) is 0 Å². The minimum absolute atomic E-state index is 0.0351. The second-order valence-corrected chi connectivity index (χ2v) is 8.19. The molecule has 4 nitrogen and oxygen atoms in total. The Labute approximate surface area is 157 Å². The molecule has 26 heavy (non-hydrogen) atoms. The van der Waals surface area contributed by atoms with Gasteiger partial charge in [-0.25, -0.2) is 0 Å². The zero-order valence-electron chi connectivity index (χ0n) is 16.5. The maximum Gasteiger partial charge on any atom is 0.0805 e. The Hall–Kier alpha value is -1.20. The van der Waals surface area contributed by atoms with Crippen LogP contribution in [0.2, 0.25) is 0 Å². The molecule has 0 aliphatic heterocycles. The maximum absolute atomic E-state index is 10.5. The number of aliphatic hydroxyl groups is 3. The van der Waals surface area contributed by atoms with Gasteiger partial charge in [0.2, 0.25) is 0 Å². The lowest BCUT2D eigenvalue weighted by Gasteiger charge is -2.40. The molecule has 0 saturated carbocycles. The molecule has 0 spiro atoms. The van der Waals surface area contributed by atoms with Gasteiger partial charge in [-0.3, -0.25) is 0 Å². The van der Waals surface area contributed by atoms with E-state index in [0.717, 1.165) is 24.8 Å². The van der Waals surface area contributed by atoms with E-state index in [0.29, 0.717) is 6.42 Å². The molecule has 3 N–H and O–H groups in total. The van der Waals surface area contributed by atoms with Crippen LogP contribution in [-0.2, 0) is 17.6 Å². The molecular weight excluding hydrogens is 328 g/mol. The number of hydrogen-bond donors (Lipinski definition) is 3. The van der Waals surface area contributed by atoms with Crippen molar-refractivity contribution >= 4 is 0 Å². The molecule has 4 heteroatoms. The van der Waals surface area contributed by atoms with Crippen LogP contribution in [-0.4, -0.2) is 46.8 Å². The lowest BCUT2D eigenvalue weighted by molar-refractivity contribution is -0.0264. The SMILES string of the molecule is CO[C@H](CO)CCc1ccc(C[C@H]2C=C(C)[C@@H](O)C[C@@H]2C(C)(C)O)cc1. The third-order valence-electron chi connectivity index (χ3n) is 5.69. The van der Waals surface area contributed by atoms with Crippen molar-refractivity contribution in [3.05, 3.63) is 47.0 Å². The average molecular weight is 363 g/mol. The summed E-state index contributed by atoms with van der Waals surface area (Å²) in [6.45, 7) is 5.69. The second-order valence-electron chi connectivity index (χ2n) is 8.19. The van der Waals surface area contributed by atoms with Crippen molar-refractivity contribution in [2.45, 2.75) is 64.3 Å². The molecule has 1 aliphatic carbocycles. The summed E-state index contributed by atoms with van der Waals surface area (Å²) in [6, 6.07) is 8.55. The molecule has 146 valence electrons. The van der Waals surface area contributed by atoms with Gasteiger partial charge in [0.25, 0.3) is 0 Å². The summed E-state index contributed by atoms with van der Waals surface area (Å²) in [6.07, 6.45) is 4.71. The molecule has 0 fully saturated rings. The molecule has 0 bridgehead atoms. The summed E-state index contributed by atoms with van der Waals surface area (Å²) < 4.78 is 5.21. The minimum atomic E-state index is -0.817. The highest BCUT2D eigenvalue weighted by atomic mass is 16.5. The molecular formula is C22H34O4. The smallest absolute Gasteiger partial charge is 0.0805 e. The Morgan fingerprint density at radius 3 is 2.35 bits per heavy atom. The van der Waals surface area contributed by atoms with Crippen LogP contribution in [0.3, 0.4) is 0 Å². The Balaban J connectivity index is 2.04. The fourth-order valence-corrected chi connectivity index (χ4v) is 3.91. The first-order valence-corrected chi connectivity index (χ1v) is 9.54. The summed E-state index contributed by atoms with van der Waals surface area (Å²) in [5.41, 5.74) is 2.65. The monoisotopic (exact) mass is 362 g/mol. The second kappa shape index (κ2) is 9.14. The number of hydrogen-bond acceptors (Lipinski definition) is 4. The van der Waals surface area contributed by atoms with E-state index in [2.05, 4.69) is 30.3 Å². The average Bonchev–Trinajstić information content (AvgIpc) is 2.59. The van der Waals surface area contributed by atoms with Crippen LogP contribution >= 0.6 is 0 Å². The van der Waals surface area contributed by atoms with Crippen LogP contribution < -0.4 is 0 Å². The van der Waals surface area contributed by atoms with Gasteiger partial charge in [-0.1, -0.05) is 30.3 Å². The minimum Gasteiger partial charge on any atom is -0.394 e. The van der Waals surface area contributed by atoms with Gasteiger partial charge in [0.1, 0.15) is 0 Å². The molecule has 2 rings (SSSR count). The molecule has 0 heterocycles. The summed E-state index contributed by atoms with van der Waals surface area (Å²) in [5, 5.41) is 29.9. The van der Waals surface area contributed by atoms with E-state index >= 15 is 0 Å². The number of rotatable bonds is 8. The van der Waals surface area contributed by atoms with Crippen molar-refractivity contribution in [2.75, 3.05) is 13.7 Å². The van der Waals surface area contributed by atoms with Crippen molar-refractivity contribution in [1.29, 1.82) is 0 Å². The topological polar surface area (TPSA) is 69.9 Å². The Kier molecular flexibility index (Phi) is 7.42. The van der Waals surface area contributed by atoms with Crippen LogP contribution in [0.1, 0.15) is 44.7 Å². The van der Waals surface area contributed by atoms with Crippen molar-refractivity contribution in [3.63, 3.8) is 0 Å². The van der Waals surface area contributed by atoms with Crippen LogP contribution in [0.15, 0.2) is 35.9 Å². The van der Waals surface area contributed by atoms with Crippen LogP contribution in [0.4, 0.5) is 0 Å². The zero-order chi connectivity index (χ0) is 19.3. The van der Waals surface area contributed by atoms with Gasteiger partial charge in [-0.15, -0.1) is 0 Å². The number of aryl methyl sites for hydroxylation is 1. The highest BCUT2D eigenvalue weighted by Crippen LogP contribution is 2.38. The van der Waals surface area contributed by atoms with E-state index in [4.69, 9.17) is 4.74 Å². The number of aliphatic hydroxyl groups excluding tert-OH is 2. The largest absolute Gasteiger partial charge is 0.394 e. The van der Waals surface area contributed by atoms with E-state index in [1.807, 2.05) is 20.8 Å². The normalized spacial score (nSPS) is 25.0. The lowest BCUT2D eigenvalue weighted by Crippen LogP contribution is -2.41. The van der Waals surface area contributed by atoms with Gasteiger partial charge in [0.15, 0.2) is 0 Å². The first kappa shape index (κ1) is 21.1. The zero-order valence-corrected chi connectivity index (χ0v) is 16.5. The predicted molar refractivity (Wildman–Crippen MR) is 104 cm³/mol. The van der Waals surface area contributed by atoms with Crippen molar-refractivity contribution < 1.29 is 20.1 Å². The quantitative estimate of drug-likeness (QED) is 0.622. The van der Waals surface area contributed by atoms with Gasteiger partial charge < -0.3 is 20.1 Å². The van der Waals surface area contributed by atoms with E-state index in [9.17, 15) is 15.3 Å². The molecule has 1 aromatic carbocycles. The fourth-order valence-electron chi connectivity index (χ4n) is 3.91. The fraction of sp³-hybridized carbons (Fsp3) is 0.636. The molecule has 0 unspecified atom stereocenters. The van der Waals surface area contributed by atoms with Crippen molar-refractivity contribution in [2.24, 2.45) is 11.8 Å². The van der Waals surface area contributed by atoms with Crippen molar-refractivity contribution in [1.82, 2.24) is 0 Å². The molecule has 1 aromatic rings. The summed E-state index contributed by atoms with van der Waals surface area (Å²) in [5.74, 6) is 0.254. The number of ether oxygens (including phenoxy) is 1. The lowest BCUT2D eigenvalue weighted by atomic mass is 9.70. The molecule has 0 aromatic heterocycles. The molecule has 0 saturated heterocycles. The van der Waals surface area contributed by atoms with Gasteiger partial charge in [-0.2, -0.15) is 0 Å². The summed E-state index contributed by atoms with van der Waals surface area (Å²) in [7, 11) is 1.62. The standard InChI is InChI=1S/C22H34O4/c1-15-11-18(20(13-21(15)24)22(2,3)25)12-17-7-5-16(6-8-17)9-10-19(14-23)26-4/h5-8,11,18-21,23-25H,9-10,12-14H2,1-4H3/t18-,19+,20+,21+/m1/s1. The van der Waals surface area contributed by atoms with Gasteiger partial charge in [0.05, 0.1) is 24.4 Å². The Morgan fingerprint density at radius 1 is 1.19 bits per heavy atom. The number of allylic oxidation sites excluding steroid dienone is 1. The highest BCUT2D eigenvalue weighted by Gasteiger charge is 2.37. The molecule has 4 atom stereocenters. The number of methoxy groups -OCH3 is 1. The van der Waals surface area contributed by atoms with E-state index in [-0.39, 0.29) is 24.5 Å². The van der Waals surface area contributed by atoms with Crippen LogP contribution in [0, 0.1) is 11.8 Å². The molecule has 1 aliphatic rings. The third-order valence-corrected chi connectivity index (χ3v) is 5.69. The molecule has 0 amide bonds. The summed E-state index contributed by atoms with van der Waals surface area (Å²) in [4.78, 5) is 0. The Morgan fingerprint density at radius 2 is 1.81 bits per heavy atom. The van der Waals surface area contributed by atoms with E-state index in [1.165, 1.54) is 11.1 Å². The first-order chi connectivity index (χ1) is 12.2. The Bertz CT molecular complexity index is 581. The van der Waals surface area contributed by atoms with Crippen molar-refractivity contribution in [3.8, 4) is 0 Å².